The zero-order valence-electron chi connectivity index (χ0n) is 13.8. The van der Waals surface area contributed by atoms with Crippen molar-refractivity contribution in [2.75, 3.05) is 26.3 Å². The minimum Gasteiger partial charge on any atom is -0.493 e. The normalized spacial score (nSPS) is 10.8. The minimum atomic E-state index is 0.602. The number of hydrogen-bond acceptors (Lipinski definition) is 7. The molecule has 1 N–H and O–H groups in total. The van der Waals surface area contributed by atoms with Crippen molar-refractivity contribution in [3.05, 3.63) is 28.8 Å². The van der Waals surface area contributed by atoms with Crippen molar-refractivity contribution in [1.29, 1.82) is 0 Å². The molecule has 0 aliphatic carbocycles. The summed E-state index contributed by atoms with van der Waals surface area (Å²) in [5.74, 6) is 1.84. The molecule has 1 aromatic carbocycles. The Morgan fingerprint density at radius 2 is 1.96 bits per heavy atom. The summed E-state index contributed by atoms with van der Waals surface area (Å²) in [6.45, 7) is 4.59. The largest absolute Gasteiger partial charge is 0.493 e. The number of aromatic nitrogens is 1. The van der Waals surface area contributed by atoms with Gasteiger partial charge in [-0.15, -0.1) is 11.3 Å². The highest BCUT2D eigenvalue weighted by Crippen LogP contribution is 2.38. The van der Waals surface area contributed by atoms with Crippen LogP contribution in [0.1, 0.15) is 24.6 Å². The molecule has 2 aromatic rings. The molecule has 124 valence electrons. The third kappa shape index (κ3) is 4.59. The molecule has 0 fully saturated rings. The SMILES string of the molecule is CCCOc1c(OC)cc(/C=N\Nc2nc(C)cs2)cc1OC. The van der Waals surface area contributed by atoms with Crippen LogP contribution in [0.4, 0.5) is 5.13 Å². The van der Waals surface area contributed by atoms with Crippen LogP contribution >= 0.6 is 11.3 Å². The summed E-state index contributed by atoms with van der Waals surface area (Å²) in [5, 5.41) is 6.90. The number of methoxy groups -OCH3 is 2. The molecule has 0 radical (unpaired) electrons. The first-order valence-corrected chi connectivity index (χ1v) is 8.16. The zero-order valence-corrected chi connectivity index (χ0v) is 14.6. The Bertz CT molecular complexity index is 645. The van der Waals surface area contributed by atoms with E-state index < -0.39 is 0 Å². The molecule has 2 rings (SSSR count). The number of rotatable bonds is 8. The lowest BCUT2D eigenvalue weighted by molar-refractivity contribution is 0.275. The van der Waals surface area contributed by atoms with Crippen molar-refractivity contribution < 1.29 is 14.2 Å². The molecule has 7 heteroatoms. The predicted molar refractivity (Wildman–Crippen MR) is 93.4 cm³/mol. The van der Waals surface area contributed by atoms with Crippen LogP contribution in [0.5, 0.6) is 17.2 Å². The Morgan fingerprint density at radius 3 is 2.48 bits per heavy atom. The van der Waals surface area contributed by atoms with Crippen LogP contribution in [0.25, 0.3) is 0 Å². The summed E-state index contributed by atoms with van der Waals surface area (Å²) in [6, 6.07) is 3.71. The van der Waals surface area contributed by atoms with Crippen molar-refractivity contribution in [3.8, 4) is 17.2 Å². The number of hydrogen-bond donors (Lipinski definition) is 1. The highest BCUT2D eigenvalue weighted by atomic mass is 32.1. The van der Waals surface area contributed by atoms with Crippen LogP contribution in [-0.4, -0.2) is 32.0 Å². The molecule has 1 heterocycles. The molecule has 0 saturated heterocycles. The van der Waals surface area contributed by atoms with Crippen LogP contribution in [0.2, 0.25) is 0 Å². The number of anilines is 1. The molecule has 0 atom stereocenters. The highest BCUT2D eigenvalue weighted by molar-refractivity contribution is 7.13. The van der Waals surface area contributed by atoms with E-state index in [0.717, 1.165) is 22.8 Å². The molecule has 0 amide bonds. The second-order valence-corrected chi connectivity index (χ2v) is 5.63. The Balaban J connectivity index is 2.18. The van der Waals surface area contributed by atoms with Gasteiger partial charge in [0.25, 0.3) is 0 Å². The van der Waals surface area contributed by atoms with E-state index in [1.165, 1.54) is 11.3 Å². The average Bonchev–Trinajstić information content (AvgIpc) is 2.98. The summed E-state index contributed by atoms with van der Waals surface area (Å²) in [7, 11) is 3.20. The lowest BCUT2D eigenvalue weighted by Gasteiger charge is -2.14. The van der Waals surface area contributed by atoms with Crippen LogP contribution in [0, 0.1) is 6.92 Å². The summed E-state index contributed by atoms with van der Waals surface area (Å²) >= 11 is 1.51. The first-order valence-electron chi connectivity index (χ1n) is 7.28. The van der Waals surface area contributed by atoms with Crippen molar-refractivity contribution in [2.45, 2.75) is 20.3 Å². The van der Waals surface area contributed by atoms with Gasteiger partial charge < -0.3 is 14.2 Å². The number of nitrogens with zero attached hydrogens (tertiary/aromatic N) is 2. The Morgan fingerprint density at radius 1 is 1.26 bits per heavy atom. The summed E-state index contributed by atoms with van der Waals surface area (Å²) in [5.41, 5.74) is 4.70. The average molecular weight is 335 g/mol. The van der Waals surface area contributed by atoms with Gasteiger partial charge in [0.15, 0.2) is 11.5 Å². The molecule has 1 aromatic heterocycles. The molecule has 0 saturated carbocycles. The second-order valence-electron chi connectivity index (χ2n) is 4.77. The van der Waals surface area contributed by atoms with Crippen molar-refractivity contribution in [1.82, 2.24) is 4.98 Å². The number of aryl methyl sites for hydroxylation is 1. The maximum atomic E-state index is 5.71. The van der Waals surface area contributed by atoms with E-state index >= 15 is 0 Å². The fourth-order valence-corrected chi connectivity index (χ4v) is 2.53. The second kappa shape index (κ2) is 8.38. The standard InChI is InChI=1S/C16H21N3O3S/c1-5-6-22-15-13(20-3)7-12(8-14(15)21-4)9-17-19-16-18-11(2)10-23-16/h7-10H,5-6H2,1-4H3,(H,18,19)/b17-9-. The van der Waals surface area contributed by atoms with Gasteiger partial charge >= 0.3 is 0 Å². The van der Waals surface area contributed by atoms with Gasteiger partial charge in [0, 0.05) is 10.9 Å². The fraction of sp³-hybridized carbons (Fsp3) is 0.375. The van der Waals surface area contributed by atoms with E-state index in [1.807, 2.05) is 31.4 Å². The Kier molecular flexibility index (Phi) is 6.22. The van der Waals surface area contributed by atoms with Crippen LogP contribution in [0.3, 0.4) is 0 Å². The summed E-state index contributed by atoms with van der Waals surface area (Å²) in [6.07, 6.45) is 2.60. The molecule has 0 unspecified atom stereocenters. The fourth-order valence-electron chi connectivity index (χ4n) is 1.89. The monoisotopic (exact) mass is 335 g/mol. The maximum Gasteiger partial charge on any atom is 0.203 e. The van der Waals surface area contributed by atoms with Gasteiger partial charge in [0.2, 0.25) is 10.9 Å². The number of hydrazone groups is 1. The number of benzene rings is 1. The predicted octanol–water partition coefficient (Wildman–Crippen LogP) is 3.70. The third-order valence-corrected chi connectivity index (χ3v) is 3.79. The maximum absolute atomic E-state index is 5.71. The summed E-state index contributed by atoms with van der Waals surface area (Å²) < 4.78 is 16.5. The van der Waals surface area contributed by atoms with Gasteiger partial charge in [-0.25, -0.2) is 4.98 Å². The molecule has 0 bridgehead atoms. The Labute approximate surface area is 140 Å². The molecular weight excluding hydrogens is 314 g/mol. The first kappa shape index (κ1) is 17.1. The molecule has 23 heavy (non-hydrogen) atoms. The minimum absolute atomic E-state index is 0.602. The lowest BCUT2D eigenvalue weighted by Crippen LogP contribution is -2.01. The molecule has 0 aliphatic rings. The Hall–Kier alpha value is -2.28. The van der Waals surface area contributed by atoms with E-state index in [0.29, 0.717) is 23.9 Å². The first-order chi connectivity index (χ1) is 11.2. The smallest absolute Gasteiger partial charge is 0.203 e. The van der Waals surface area contributed by atoms with Crippen molar-refractivity contribution in [3.63, 3.8) is 0 Å². The van der Waals surface area contributed by atoms with Crippen LogP contribution < -0.4 is 19.6 Å². The van der Waals surface area contributed by atoms with E-state index in [-0.39, 0.29) is 0 Å². The third-order valence-electron chi connectivity index (χ3n) is 2.93. The molecule has 0 aliphatic heterocycles. The van der Waals surface area contributed by atoms with Gasteiger partial charge in [-0.05, 0) is 25.5 Å². The van der Waals surface area contributed by atoms with Gasteiger partial charge in [-0.2, -0.15) is 5.10 Å². The zero-order chi connectivity index (χ0) is 16.7. The van der Waals surface area contributed by atoms with Crippen molar-refractivity contribution >= 4 is 22.7 Å². The number of nitrogens with one attached hydrogen (secondary N) is 1. The van der Waals surface area contributed by atoms with Gasteiger partial charge in [0.1, 0.15) is 0 Å². The lowest BCUT2D eigenvalue weighted by atomic mass is 10.2. The van der Waals surface area contributed by atoms with Gasteiger partial charge in [-0.3, -0.25) is 5.43 Å². The highest BCUT2D eigenvalue weighted by Gasteiger charge is 2.13. The van der Waals surface area contributed by atoms with Crippen LogP contribution in [0.15, 0.2) is 22.6 Å². The quantitative estimate of drug-likeness (QED) is 0.588. The van der Waals surface area contributed by atoms with E-state index in [2.05, 4.69) is 15.5 Å². The van der Waals surface area contributed by atoms with E-state index in [9.17, 15) is 0 Å². The van der Waals surface area contributed by atoms with Crippen LogP contribution in [-0.2, 0) is 0 Å². The van der Waals surface area contributed by atoms with E-state index in [4.69, 9.17) is 14.2 Å². The van der Waals surface area contributed by atoms with Crippen molar-refractivity contribution in [2.24, 2.45) is 5.10 Å². The molecular formula is C16H21N3O3S. The number of thiazole rings is 1. The molecule has 6 nitrogen and oxygen atoms in total. The summed E-state index contributed by atoms with van der Waals surface area (Å²) in [4.78, 5) is 4.28. The molecule has 0 spiro atoms. The van der Waals surface area contributed by atoms with Gasteiger partial charge in [-0.1, -0.05) is 6.92 Å². The number of ether oxygens (including phenoxy) is 3. The van der Waals surface area contributed by atoms with E-state index in [1.54, 1.807) is 20.4 Å². The van der Waals surface area contributed by atoms with Gasteiger partial charge in [0.05, 0.1) is 32.7 Å². The topological polar surface area (TPSA) is 65.0 Å².